The third-order valence-electron chi connectivity index (χ3n) is 4.64. The van der Waals surface area contributed by atoms with Crippen molar-refractivity contribution in [3.63, 3.8) is 0 Å². The Balaban J connectivity index is 1.86. The van der Waals surface area contributed by atoms with Gasteiger partial charge in [-0.15, -0.1) is 0 Å². The van der Waals surface area contributed by atoms with E-state index >= 15 is 0 Å². The standard InChI is InChI=1S/C22H25N3O4/c1-4-29-20-8-6-5-7-16(20)14-23-21(26)17-13-18-19(24-15(17)2)9-10-25(22(18)27)11-12-28-3/h5-10,13H,4,11-12,14H2,1-3H3,(H,23,26). The molecule has 0 unspecified atom stereocenters. The van der Waals surface area contributed by atoms with Crippen molar-refractivity contribution in [2.75, 3.05) is 20.3 Å². The van der Waals surface area contributed by atoms with Crippen molar-refractivity contribution in [2.45, 2.75) is 26.9 Å². The molecule has 7 nitrogen and oxygen atoms in total. The molecule has 3 rings (SSSR count). The molecule has 1 amide bonds. The van der Waals surface area contributed by atoms with Crippen molar-refractivity contribution in [3.8, 4) is 5.75 Å². The Hall–Kier alpha value is -3.19. The Morgan fingerprint density at radius 3 is 2.79 bits per heavy atom. The predicted molar refractivity (Wildman–Crippen MR) is 111 cm³/mol. The summed E-state index contributed by atoms with van der Waals surface area (Å²) in [5, 5.41) is 3.31. The number of carbonyl (C=O) groups is 1. The number of aromatic nitrogens is 2. The fraction of sp³-hybridized carbons (Fsp3) is 0.318. The van der Waals surface area contributed by atoms with Gasteiger partial charge in [-0.2, -0.15) is 0 Å². The molecule has 0 bridgehead atoms. The summed E-state index contributed by atoms with van der Waals surface area (Å²) in [6, 6.07) is 11.0. The number of hydrogen-bond acceptors (Lipinski definition) is 5. The van der Waals surface area contributed by atoms with E-state index in [1.54, 1.807) is 36.9 Å². The van der Waals surface area contributed by atoms with Gasteiger partial charge >= 0.3 is 0 Å². The lowest BCUT2D eigenvalue weighted by Gasteiger charge is -2.12. The zero-order chi connectivity index (χ0) is 20.8. The fourth-order valence-corrected chi connectivity index (χ4v) is 3.12. The molecule has 0 spiro atoms. The van der Waals surface area contributed by atoms with Crippen LogP contribution in [0.5, 0.6) is 5.75 Å². The van der Waals surface area contributed by atoms with Crippen LogP contribution in [0.15, 0.2) is 47.4 Å². The molecule has 7 heteroatoms. The molecule has 2 aromatic heterocycles. The summed E-state index contributed by atoms with van der Waals surface area (Å²) in [7, 11) is 1.59. The zero-order valence-electron chi connectivity index (χ0n) is 16.9. The average Bonchev–Trinajstić information content (AvgIpc) is 2.72. The van der Waals surface area contributed by atoms with Crippen LogP contribution in [0.2, 0.25) is 0 Å². The van der Waals surface area contributed by atoms with Gasteiger partial charge in [0.2, 0.25) is 0 Å². The van der Waals surface area contributed by atoms with Crippen molar-refractivity contribution in [2.24, 2.45) is 0 Å². The summed E-state index contributed by atoms with van der Waals surface area (Å²) in [4.78, 5) is 30.0. The summed E-state index contributed by atoms with van der Waals surface area (Å²) in [6.07, 6.45) is 1.69. The molecule has 2 heterocycles. The van der Waals surface area contributed by atoms with E-state index in [1.807, 2.05) is 31.2 Å². The summed E-state index contributed by atoms with van der Waals surface area (Å²) in [5.41, 5.74) is 2.22. The van der Waals surface area contributed by atoms with Crippen LogP contribution < -0.4 is 15.6 Å². The highest BCUT2D eigenvalue weighted by molar-refractivity contribution is 5.98. The number of amides is 1. The lowest BCUT2D eigenvalue weighted by Crippen LogP contribution is -2.26. The largest absolute Gasteiger partial charge is 0.494 e. The maximum Gasteiger partial charge on any atom is 0.260 e. The van der Waals surface area contributed by atoms with E-state index in [0.717, 1.165) is 11.3 Å². The van der Waals surface area contributed by atoms with Gasteiger partial charge in [0.05, 0.1) is 35.4 Å². The third kappa shape index (κ3) is 4.63. The lowest BCUT2D eigenvalue weighted by molar-refractivity contribution is 0.0949. The number of nitrogens with zero attached hydrogens (tertiary/aromatic N) is 2. The van der Waals surface area contributed by atoms with Crippen LogP contribution in [0.4, 0.5) is 0 Å². The topological polar surface area (TPSA) is 82.5 Å². The maximum atomic E-state index is 12.8. The van der Waals surface area contributed by atoms with Crippen LogP contribution in [0.3, 0.4) is 0 Å². The Morgan fingerprint density at radius 2 is 2.03 bits per heavy atom. The van der Waals surface area contributed by atoms with Gasteiger partial charge < -0.3 is 19.4 Å². The highest BCUT2D eigenvalue weighted by Crippen LogP contribution is 2.18. The van der Waals surface area contributed by atoms with E-state index in [-0.39, 0.29) is 11.5 Å². The van der Waals surface area contributed by atoms with Crippen molar-refractivity contribution in [1.82, 2.24) is 14.9 Å². The van der Waals surface area contributed by atoms with Gasteiger partial charge in [0, 0.05) is 32.0 Å². The van der Waals surface area contributed by atoms with Gasteiger partial charge in [0.1, 0.15) is 5.75 Å². The smallest absolute Gasteiger partial charge is 0.260 e. The number of ether oxygens (including phenoxy) is 2. The normalized spacial score (nSPS) is 10.9. The molecule has 0 aliphatic carbocycles. The Kier molecular flexibility index (Phi) is 6.61. The van der Waals surface area contributed by atoms with E-state index < -0.39 is 0 Å². The predicted octanol–water partition coefficient (Wildman–Crippen LogP) is 2.68. The number of rotatable bonds is 8. The second-order valence-corrected chi connectivity index (χ2v) is 6.58. The summed E-state index contributed by atoms with van der Waals surface area (Å²) < 4.78 is 12.2. The van der Waals surface area contributed by atoms with Crippen LogP contribution in [-0.2, 0) is 17.8 Å². The summed E-state index contributed by atoms with van der Waals surface area (Å²) in [5.74, 6) is 0.458. The highest BCUT2D eigenvalue weighted by atomic mass is 16.5. The van der Waals surface area contributed by atoms with Crippen LogP contribution in [-0.4, -0.2) is 35.8 Å². The van der Waals surface area contributed by atoms with Crippen LogP contribution in [0.1, 0.15) is 28.5 Å². The molecule has 0 aliphatic heterocycles. The lowest BCUT2D eigenvalue weighted by atomic mass is 10.1. The second-order valence-electron chi connectivity index (χ2n) is 6.58. The van der Waals surface area contributed by atoms with E-state index in [4.69, 9.17) is 9.47 Å². The minimum absolute atomic E-state index is 0.192. The van der Waals surface area contributed by atoms with Gasteiger partial charge in [-0.25, -0.2) is 0 Å². The van der Waals surface area contributed by atoms with Gasteiger partial charge in [-0.3, -0.25) is 14.6 Å². The van der Waals surface area contributed by atoms with Gasteiger partial charge in [-0.05, 0) is 32.0 Å². The molecular formula is C22H25N3O4. The van der Waals surface area contributed by atoms with Gasteiger partial charge in [-0.1, -0.05) is 18.2 Å². The molecular weight excluding hydrogens is 370 g/mol. The molecule has 0 atom stereocenters. The minimum atomic E-state index is -0.283. The molecule has 1 N–H and O–H groups in total. The Labute approximate surface area is 169 Å². The minimum Gasteiger partial charge on any atom is -0.494 e. The summed E-state index contributed by atoms with van der Waals surface area (Å²) >= 11 is 0. The van der Waals surface area contributed by atoms with E-state index in [0.29, 0.717) is 48.5 Å². The van der Waals surface area contributed by atoms with E-state index in [9.17, 15) is 9.59 Å². The zero-order valence-corrected chi connectivity index (χ0v) is 16.9. The molecule has 0 fully saturated rings. The number of fused-ring (bicyclic) bond motifs is 1. The third-order valence-corrected chi connectivity index (χ3v) is 4.64. The van der Waals surface area contributed by atoms with E-state index in [1.165, 1.54) is 0 Å². The van der Waals surface area contributed by atoms with Crippen LogP contribution >= 0.6 is 0 Å². The molecule has 29 heavy (non-hydrogen) atoms. The first-order chi connectivity index (χ1) is 14.0. The number of methoxy groups -OCH3 is 1. The molecule has 0 saturated heterocycles. The average molecular weight is 395 g/mol. The summed E-state index contributed by atoms with van der Waals surface area (Å²) in [6.45, 7) is 5.41. The Morgan fingerprint density at radius 1 is 1.24 bits per heavy atom. The molecule has 1 aromatic carbocycles. The van der Waals surface area contributed by atoms with Crippen molar-refractivity contribution in [3.05, 3.63) is 69.8 Å². The van der Waals surface area contributed by atoms with E-state index in [2.05, 4.69) is 10.3 Å². The monoisotopic (exact) mass is 395 g/mol. The SMILES string of the molecule is CCOc1ccccc1CNC(=O)c1cc2c(=O)n(CCOC)ccc2nc1C. The number of para-hydroxylation sites is 1. The first-order valence-corrected chi connectivity index (χ1v) is 9.53. The number of aryl methyl sites for hydroxylation is 1. The number of nitrogens with one attached hydrogen (secondary N) is 1. The number of carbonyl (C=O) groups excluding carboxylic acids is 1. The second kappa shape index (κ2) is 9.34. The molecule has 0 saturated carbocycles. The first kappa shape index (κ1) is 20.5. The number of hydrogen-bond donors (Lipinski definition) is 1. The number of benzene rings is 1. The Bertz CT molecular complexity index is 1080. The quantitative estimate of drug-likeness (QED) is 0.634. The van der Waals surface area contributed by atoms with Crippen LogP contribution in [0.25, 0.3) is 10.9 Å². The van der Waals surface area contributed by atoms with Gasteiger partial charge in [0.25, 0.3) is 11.5 Å². The van der Waals surface area contributed by atoms with Crippen LogP contribution in [0, 0.1) is 6.92 Å². The molecule has 3 aromatic rings. The number of pyridine rings is 2. The van der Waals surface area contributed by atoms with Gasteiger partial charge in [0.15, 0.2) is 0 Å². The maximum absolute atomic E-state index is 12.8. The van der Waals surface area contributed by atoms with Crippen molar-refractivity contribution < 1.29 is 14.3 Å². The molecule has 0 radical (unpaired) electrons. The van der Waals surface area contributed by atoms with Crippen molar-refractivity contribution >= 4 is 16.8 Å². The van der Waals surface area contributed by atoms with Crippen molar-refractivity contribution in [1.29, 1.82) is 0 Å². The molecule has 152 valence electrons. The fourth-order valence-electron chi connectivity index (χ4n) is 3.12. The first-order valence-electron chi connectivity index (χ1n) is 9.53. The highest BCUT2D eigenvalue weighted by Gasteiger charge is 2.15. The molecule has 0 aliphatic rings.